The highest BCUT2D eigenvalue weighted by Gasteiger charge is 2.30. The summed E-state index contributed by atoms with van der Waals surface area (Å²) >= 11 is 0. The Morgan fingerprint density at radius 1 is 1.45 bits per heavy atom. The van der Waals surface area contributed by atoms with Crippen LogP contribution in [0, 0.1) is 6.92 Å². The molecule has 5 nitrogen and oxygen atoms in total. The van der Waals surface area contributed by atoms with Gasteiger partial charge in [-0.3, -0.25) is 0 Å². The van der Waals surface area contributed by atoms with Crippen molar-refractivity contribution in [2.45, 2.75) is 31.9 Å². The van der Waals surface area contributed by atoms with E-state index in [1.54, 1.807) is 6.20 Å². The molecule has 1 unspecified atom stereocenters. The molecule has 106 valence electrons. The van der Waals surface area contributed by atoms with Gasteiger partial charge in [-0.25, -0.2) is 9.97 Å². The Hall–Kier alpha value is -1.72. The number of hydrogen-bond acceptors (Lipinski definition) is 4. The first-order valence-electron chi connectivity index (χ1n) is 7.05. The second-order valence-corrected chi connectivity index (χ2v) is 5.55. The van der Waals surface area contributed by atoms with Crippen molar-refractivity contribution in [2.75, 3.05) is 13.1 Å². The van der Waals surface area contributed by atoms with Crippen molar-refractivity contribution in [3.8, 4) is 11.5 Å². The highest BCUT2D eigenvalue weighted by Crippen LogP contribution is 2.22. The van der Waals surface area contributed by atoms with Crippen molar-refractivity contribution in [3.05, 3.63) is 36.3 Å². The Bertz CT molecular complexity index is 587. The molecule has 0 spiro atoms. The summed E-state index contributed by atoms with van der Waals surface area (Å²) in [6.07, 6.45) is 5.49. The number of rotatable bonds is 3. The first kappa shape index (κ1) is 13.3. The molecule has 2 aromatic heterocycles. The minimum Gasteiger partial charge on any atom is -0.387 e. The highest BCUT2D eigenvalue weighted by atomic mass is 16.3. The topological polar surface area (TPSA) is 63.0 Å². The molecular weight excluding hydrogens is 252 g/mol. The summed E-state index contributed by atoms with van der Waals surface area (Å²) in [6.45, 7) is 4.13. The molecule has 1 saturated heterocycles. The summed E-state index contributed by atoms with van der Waals surface area (Å²) in [5.74, 6) is 0.813. The molecule has 1 atom stereocenters. The van der Waals surface area contributed by atoms with Crippen LogP contribution in [0.5, 0.6) is 0 Å². The van der Waals surface area contributed by atoms with Gasteiger partial charge in [0.2, 0.25) is 0 Å². The minimum atomic E-state index is -0.697. The van der Waals surface area contributed by atoms with E-state index in [9.17, 15) is 5.11 Å². The average Bonchev–Trinajstić information content (AvgIpc) is 2.87. The predicted molar refractivity (Wildman–Crippen MR) is 77.2 cm³/mol. The molecule has 2 aromatic rings. The number of hydrogen-bond donors (Lipinski definition) is 2. The normalized spacial score (nSPS) is 22.9. The van der Waals surface area contributed by atoms with Gasteiger partial charge in [-0.1, -0.05) is 6.07 Å². The number of nitrogens with one attached hydrogen (secondary N) is 1. The number of aromatic nitrogens is 3. The van der Waals surface area contributed by atoms with Gasteiger partial charge in [0.1, 0.15) is 5.69 Å². The summed E-state index contributed by atoms with van der Waals surface area (Å²) in [6, 6.07) is 5.90. The van der Waals surface area contributed by atoms with Crippen molar-refractivity contribution in [2.24, 2.45) is 0 Å². The van der Waals surface area contributed by atoms with Gasteiger partial charge in [0.25, 0.3) is 0 Å². The molecule has 3 rings (SSSR count). The number of imidazole rings is 1. The second kappa shape index (κ2) is 5.34. The van der Waals surface area contributed by atoms with Crippen LogP contribution in [0.4, 0.5) is 0 Å². The highest BCUT2D eigenvalue weighted by molar-refractivity contribution is 5.49. The van der Waals surface area contributed by atoms with E-state index in [2.05, 4.69) is 15.3 Å². The van der Waals surface area contributed by atoms with Crippen LogP contribution in [0.2, 0.25) is 0 Å². The number of β-amino-alcohol motifs (C(OH)–C–C–N with tert-alkyl or cyclic N) is 1. The summed E-state index contributed by atoms with van der Waals surface area (Å²) in [4.78, 5) is 8.90. The Morgan fingerprint density at radius 2 is 2.35 bits per heavy atom. The Labute approximate surface area is 118 Å². The van der Waals surface area contributed by atoms with Crippen LogP contribution in [0.25, 0.3) is 11.5 Å². The summed E-state index contributed by atoms with van der Waals surface area (Å²) in [5, 5.41) is 13.9. The molecule has 0 radical (unpaired) electrons. The van der Waals surface area contributed by atoms with E-state index in [0.717, 1.165) is 36.6 Å². The maximum absolute atomic E-state index is 10.6. The van der Waals surface area contributed by atoms with E-state index >= 15 is 0 Å². The SMILES string of the molecule is Cc1cccc(-c2nccn2CC2(O)CCCNC2)n1. The van der Waals surface area contributed by atoms with Gasteiger partial charge >= 0.3 is 0 Å². The van der Waals surface area contributed by atoms with Crippen LogP contribution in [0.1, 0.15) is 18.5 Å². The fraction of sp³-hybridized carbons (Fsp3) is 0.467. The fourth-order valence-electron chi connectivity index (χ4n) is 2.74. The number of nitrogens with zero attached hydrogens (tertiary/aromatic N) is 3. The van der Waals surface area contributed by atoms with E-state index in [-0.39, 0.29) is 0 Å². The van der Waals surface area contributed by atoms with Crippen LogP contribution in [0.3, 0.4) is 0 Å². The third-order valence-electron chi connectivity index (χ3n) is 3.75. The van der Waals surface area contributed by atoms with E-state index in [1.165, 1.54) is 0 Å². The Kier molecular flexibility index (Phi) is 3.54. The van der Waals surface area contributed by atoms with Crippen LogP contribution >= 0.6 is 0 Å². The van der Waals surface area contributed by atoms with E-state index in [4.69, 9.17) is 0 Å². The van der Waals surface area contributed by atoms with Gasteiger partial charge < -0.3 is 15.0 Å². The molecule has 0 bridgehead atoms. The molecule has 0 aromatic carbocycles. The quantitative estimate of drug-likeness (QED) is 0.886. The molecule has 1 aliphatic heterocycles. The van der Waals surface area contributed by atoms with Crippen molar-refractivity contribution in [1.29, 1.82) is 0 Å². The summed E-state index contributed by atoms with van der Waals surface area (Å²) in [7, 11) is 0. The maximum atomic E-state index is 10.6. The first-order valence-corrected chi connectivity index (χ1v) is 7.05. The average molecular weight is 272 g/mol. The molecule has 2 N–H and O–H groups in total. The van der Waals surface area contributed by atoms with Crippen molar-refractivity contribution < 1.29 is 5.11 Å². The van der Waals surface area contributed by atoms with Gasteiger partial charge in [0.15, 0.2) is 5.82 Å². The zero-order chi connectivity index (χ0) is 14.0. The lowest BCUT2D eigenvalue weighted by Gasteiger charge is -2.33. The lowest BCUT2D eigenvalue weighted by molar-refractivity contribution is 0.00105. The van der Waals surface area contributed by atoms with E-state index in [1.807, 2.05) is 35.9 Å². The predicted octanol–water partition coefficient (Wildman–Crippen LogP) is 1.37. The van der Waals surface area contributed by atoms with Crippen molar-refractivity contribution in [1.82, 2.24) is 19.9 Å². The summed E-state index contributed by atoms with van der Waals surface area (Å²) in [5.41, 5.74) is 1.12. The maximum Gasteiger partial charge on any atom is 0.158 e. The lowest BCUT2D eigenvalue weighted by Crippen LogP contribution is -2.48. The van der Waals surface area contributed by atoms with Crippen LogP contribution in [0.15, 0.2) is 30.6 Å². The first-order chi connectivity index (χ1) is 9.66. The smallest absolute Gasteiger partial charge is 0.158 e. The van der Waals surface area contributed by atoms with Gasteiger partial charge in [-0.15, -0.1) is 0 Å². The molecule has 0 aliphatic carbocycles. The van der Waals surface area contributed by atoms with Gasteiger partial charge in [0, 0.05) is 24.6 Å². The fourth-order valence-corrected chi connectivity index (χ4v) is 2.74. The van der Waals surface area contributed by atoms with Gasteiger partial charge in [-0.2, -0.15) is 0 Å². The molecule has 0 saturated carbocycles. The third kappa shape index (κ3) is 2.73. The molecule has 0 amide bonds. The van der Waals surface area contributed by atoms with Crippen LogP contribution < -0.4 is 5.32 Å². The Morgan fingerprint density at radius 3 is 3.10 bits per heavy atom. The second-order valence-electron chi connectivity index (χ2n) is 5.55. The summed E-state index contributed by atoms with van der Waals surface area (Å²) < 4.78 is 1.99. The van der Waals surface area contributed by atoms with Crippen LogP contribution in [-0.2, 0) is 6.54 Å². The number of aliphatic hydroxyl groups is 1. The van der Waals surface area contributed by atoms with E-state index in [0.29, 0.717) is 13.1 Å². The Balaban J connectivity index is 1.87. The number of piperidine rings is 1. The largest absolute Gasteiger partial charge is 0.387 e. The lowest BCUT2D eigenvalue weighted by atomic mass is 9.94. The standard InChI is InChI=1S/C15H20N4O/c1-12-4-2-5-13(18-12)14-17-8-9-19(14)11-15(20)6-3-7-16-10-15/h2,4-5,8-9,16,20H,3,6-7,10-11H2,1H3. The molecular formula is C15H20N4O. The minimum absolute atomic E-state index is 0.547. The number of aryl methyl sites for hydroxylation is 1. The molecule has 5 heteroatoms. The van der Waals surface area contributed by atoms with Crippen LogP contribution in [-0.4, -0.2) is 38.3 Å². The van der Waals surface area contributed by atoms with Gasteiger partial charge in [-0.05, 0) is 38.4 Å². The van der Waals surface area contributed by atoms with Gasteiger partial charge in [0.05, 0.1) is 12.1 Å². The molecule has 1 fully saturated rings. The van der Waals surface area contributed by atoms with Crippen molar-refractivity contribution >= 4 is 0 Å². The van der Waals surface area contributed by atoms with Crippen molar-refractivity contribution in [3.63, 3.8) is 0 Å². The zero-order valence-corrected chi connectivity index (χ0v) is 11.7. The monoisotopic (exact) mass is 272 g/mol. The molecule has 20 heavy (non-hydrogen) atoms. The third-order valence-corrected chi connectivity index (χ3v) is 3.75. The zero-order valence-electron chi connectivity index (χ0n) is 11.7. The molecule has 1 aliphatic rings. The van der Waals surface area contributed by atoms with E-state index < -0.39 is 5.60 Å². The molecule has 3 heterocycles. The number of pyridine rings is 1.